The fourth-order valence-corrected chi connectivity index (χ4v) is 3.15. The first-order valence-electron chi connectivity index (χ1n) is 8.11. The molecular weight excluding hydrogens is 340 g/mol. The third-order valence-corrected chi connectivity index (χ3v) is 4.47. The molecule has 3 rings (SSSR count). The van der Waals surface area contributed by atoms with Gasteiger partial charge in [0.2, 0.25) is 0 Å². The van der Waals surface area contributed by atoms with Crippen molar-refractivity contribution in [1.29, 1.82) is 0 Å². The van der Waals surface area contributed by atoms with E-state index < -0.39 is 35.1 Å². The highest BCUT2D eigenvalue weighted by atomic mass is 16.7. The molecule has 134 valence electrons. The van der Waals surface area contributed by atoms with Gasteiger partial charge in [-0.3, -0.25) is 24.1 Å². The van der Waals surface area contributed by atoms with Crippen molar-refractivity contribution in [2.45, 2.75) is 31.7 Å². The van der Waals surface area contributed by atoms with E-state index in [2.05, 4.69) is 0 Å². The van der Waals surface area contributed by atoms with Crippen LogP contribution in [0, 0.1) is 0 Å². The number of amides is 4. The van der Waals surface area contributed by atoms with Crippen molar-refractivity contribution in [3.8, 4) is 0 Å². The summed E-state index contributed by atoms with van der Waals surface area (Å²) in [7, 11) is 0. The molecule has 0 spiro atoms. The number of hydrogen-bond acceptors (Lipinski definition) is 6. The van der Waals surface area contributed by atoms with Crippen LogP contribution >= 0.6 is 0 Å². The molecule has 0 aliphatic carbocycles. The van der Waals surface area contributed by atoms with Crippen LogP contribution < -0.4 is 0 Å². The Hall–Kier alpha value is -3.29. The molecule has 2 heterocycles. The van der Waals surface area contributed by atoms with E-state index in [9.17, 15) is 24.0 Å². The summed E-state index contributed by atoms with van der Waals surface area (Å²) in [5, 5.41) is 0.411. The zero-order valence-electron chi connectivity index (χ0n) is 14.0. The number of hydrogen-bond donors (Lipinski definition) is 0. The van der Waals surface area contributed by atoms with Crippen LogP contribution in [0.3, 0.4) is 0 Å². The topological polar surface area (TPSA) is 101 Å². The van der Waals surface area contributed by atoms with E-state index in [1.807, 2.05) is 0 Å². The van der Waals surface area contributed by atoms with Gasteiger partial charge < -0.3 is 4.84 Å². The maximum atomic E-state index is 13.1. The lowest BCUT2D eigenvalue weighted by Gasteiger charge is -2.38. The molecule has 8 nitrogen and oxygen atoms in total. The van der Waals surface area contributed by atoms with Gasteiger partial charge in [0, 0.05) is 25.0 Å². The minimum Gasteiger partial charge on any atom is -0.327 e. The van der Waals surface area contributed by atoms with Crippen molar-refractivity contribution < 1.29 is 28.8 Å². The van der Waals surface area contributed by atoms with Crippen molar-refractivity contribution >= 4 is 29.6 Å². The number of nitrogens with zero attached hydrogens (tertiary/aromatic N) is 2. The Bertz CT molecular complexity index is 797. The molecule has 0 bridgehead atoms. The van der Waals surface area contributed by atoms with Gasteiger partial charge in [-0.05, 0) is 12.0 Å². The van der Waals surface area contributed by atoms with Crippen LogP contribution in [0.25, 0.3) is 0 Å². The van der Waals surface area contributed by atoms with E-state index in [0.717, 1.165) is 17.1 Å². The van der Waals surface area contributed by atoms with Gasteiger partial charge in [0.1, 0.15) is 0 Å². The average molecular weight is 356 g/mol. The molecule has 0 aromatic heterocycles. The van der Waals surface area contributed by atoms with E-state index in [-0.39, 0.29) is 19.3 Å². The van der Waals surface area contributed by atoms with Gasteiger partial charge in [0.15, 0.2) is 5.54 Å². The highest BCUT2D eigenvalue weighted by Crippen LogP contribution is 2.36. The number of hydroxylamine groups is 2. The SMILES string of the molecule is CCC(C(=O)ON1C(=O)CCC1=O)(c1ccccc1)N1C(=O)C=CC1=O. The number of imide groups is 2. The molecule has 1 aromatic rings. The summed E-state index contributed by atoms with van der Waals surface area (Å²) in [6.45, 7) is 1.61. The third kappa shape index (κ3) is 2.59. The summed E-state index contributed by atoms with van der Waals surface area (Å²) in [4.78, 5) is 67.1. The first-order valence-corrected chi connectivity index (χ1v) is 8.11. The van der Waals surface area contributed by atoms with Crippen LogP contribution in [-0.2, 0) is 34.3 Å². The van der Waals surface area contributed by atoms with Gasteiger partial charge in [-0.1, -0.05) is 37.3 Å². The van der Waals surface area contributed by atoms with Gasteiger partial charge >= 0.3 is 5.97 Å². The second kappa shape index (κ2) is 6.55. The Balaban J connectivity index is 2.07. The van der Waals surface area contributed by atoms with Crippen LogP contribution in [0.5, 0.6) is 0 Å². The third-order valence-electron chi connectivity index (χ3n) is 4.47. The number of carbonyl (C=O) groups is 5. The average Bonchev–Trinajstić information content (AvgIpc) is 3.14. The van der Waals surface area contributed by atoms with E-state index in [1.54, 1.807) is 37.3 Å². The molecular formula is C18H16N2O6. The largest absolute Gasteiger partial charge is 0.363 e. The summed E-state index contributed by atoms with van der Waals surface area (Å²) in [5.41, 5.74) is -1.45. The van der Waals surface area contributed by atoms with Crippen molar-refractivity contribution in [2.75, 3.05) is 0 Å². The molecule has 0 saturated carbocycles. The highest BCUT2D eigenvalue weighted by molar-refractivity contribution is 6.16. The lowest BCUT2D eigenvalue weighted by atomic mass is 9.85. The first kappa shape index (κ1) is 17.5. The summed E-state index contributed by atoms with van der Waals surface area (Å²) in [5.74, 6) is -3.66. The van der Waals surface area contributed by atoms with Gasteiger partial charge in [0.25, 0.3) is 23.6 Å². The second-order valence-electron chi connectivity index (χ2n) is 5.89. The molecule has 1 fully saturated rings. The zero-order chi connectivity index (χ0) is 18.9. The van der Waals surface area contributed by atoms with Crippen LogP contribution in [0.15, 0.2) is 42.5 Å². The Kier molecular flexibility index (Phi) is 4.41. The maximum absolute atomic E-state index is 13.1. The molecule has 26 heavy (non-hydrogen) atoms. The Labute approximate surface area is 149 Å². The Morgan fingerprint density at radius 1 is 1.00 bits per heavy atom. The molecule has 1 aromatic carbocycles. The molecule has 1 unspecified atom stereocenters. The Morgan fingerprint density at radius 2 is 1.54 bits per heavy atom. The van der Waals surface area contributed by atoms with Crippen LogP contribution in [0.1, 0.15) is 31.7 Å². The monoisotopic (exact) mass is 356 g/mol. The van der Waals surface area contributed by atoms with E-state index >= 15 is 0 Å². The second-order valence-corrected chi connectivity index (χ2v) is 5.89. The molecule has 2 aliphatic rings. The quantitative estimate of drug-likeness (QED) is 0.724. The van der Waals surface area contributed by atoms with Crippen molar-refractivity contribution in [1.82, 2.24) is 9.96 Å². The normalized spacial score (nSPS) is 19.3. The molecule has 4 amide bonds. The van der Waals surface area contributed by atoms with Crippen LogP contribution in [-0.4, -0.2) is 39.6 Å². The van der Waals surface area contributed by atoms with Gasteiger partial charge in [-0.2, -0.15) is 0 Å². The molecule has 8 heteroatoms. The highest BCUT2D eigenvalue weighted by Gasteiger charge is 2.53. The summed E-state index contributed by atoms with van der Waals surface area (Å²) in [6, 6.07) is 8.18. The molecule has 2 aliphatic heterocycles. The standard InChI is InChI=1S/C18H16N2O6/c1-2-18(12-6-4-3-5-7-12,19-13(21)8-9-14(19)22)17(25)26-20-15(23)10-11-16(20)24/h3-9H,2,10-11H2,1H3. The minimum absolute atomic E-state index is 0.00519. The fourth-order valence-electron chi connectivity index (χ4n) is 3.15. The smallest absolute Gasteiger partial charge is 0.327 e. The Morgan fingerprint density at radius 3 is 2.04 bits per heavy atom. The van der Waals surface area contributed by atoms with Gasteiger partial charge in [0.05, 0.1) is 0 Å². The minimum atomic E-state index is -1.79. The van der Waals surface area contributed by atoms with Crippen LogP contribution in [0.2, 0.25) is 0 Å². The maximum Gasteiger partial charge on any atom is 0.363 e. The van der Waals surface area contributed by atoms with E-state index in [4.69, 9.17) is 4.84 Å². The lowest BCUT2D eigenvalue weighted by molar-refractivity contribution is -0.207. The van der Waals surface area contributed by atoms with E-state index in [1.165, 1.54) is 0 Å². The van der Waals surface area contributed by atoms with Crippen LogP contribution in [0.4, 0.5) is 0 Å². The summed E-state index contributed by atoms with van der Waals surface area (Å²) < 4.78 is 0. The summed E-state index contributed by atoms with van der Waals surface area (Å²) >= 11 is 0. The zero-order valence-corrected chi connectivity index (χ0v) is 14.0. The predicted molar refractivity (Wildman–Crippen MR) is 86.6 cm³/mol. The van der Waals surface area contributed by atoms with Crippen molar-refractivity contribution in [3.05, 3.63) is 48.0 Å². The number of benzene rings is 1. The molecule has 1 saturated heterocycles. The summed E-state index contributed by atoms with van der Waals surface area (Å²) in [6.07, 6.45) is 2.02. The van der Waals surface area contributed by atoms with Gasteiger partial charge in [-0.25, -0.2) is 4.79 Å². The number of carbonyl (C=O) groups excluding carboxylic acids is 5. The lowest BCUT2D eigenvalue weighted by Crippen LogP contribution is -2.56. The van der Waals surface area contributed by atoms with Gasteiger partial charge in [-0.15, -0.1) is 5.06 Å². The molecule has 1 atom stereocenters. The molecule has 0 radical (unpaired) electrons. The number of rotatable bonds is 5. The van der Waals surface area contributed by atoms with E-state index in [0.29, 0.717) is 10.6 Å². The van der Waals surface area contributed by atoms with Crippen molar-refractivity contribution in [3.63, 3.8) is 0 Å². The van der Waals surface area contributed by atoms with Crippen molar-refractivity contribution in [2.24, 2.45) is 0 Å². The first-order chi connectivity index (χ1) is 12.4. The molecule has 0 N–H and O–H groups in total. The fraction of sp³-hybridized carbons (Fsp3) is 0.278. The predicted octanol–water partition coefficient (Wildman–Crippen LogP) is 0.824.